The number of hydrogen-bond donors (Lipinski definition) is 0. The van der Waals surface area contributed by atoms with Gasteiger partial charge in [0, 0.05) is 22.1 Å². The van der Waals surface area contributed by atoms with Gasteiger partial charge in [-0.2, -0.15) is 0 Å². The van der Waals surface area contributed by atoms with Crippen LogP contribution in [-0.2, 0) is 0 Å². The molecule has 0 spiro atoms. The van der Waals surface area contributed by atoms with Crippen molar-refractivity contribution in [2.45, 2.75) is 46.7 Å². The maximum atomic E-state index is 13.0. The number of Topliss-reactive ketones (excluding diaryl/α,β-unsaturated/α-hetero) is 1. The fourth-order valence-corrected chi connectivity index (χ4v) is 3.41. The summed E-state index contributed by atoms with van der Waals surface area (Å²) in [5.41, 5.74) is 3.14. The van der Waals surface area contributed by atoms with Gasteiger partial charge in [0.1, 0.15) is 0 Å². The van der Waals surface area contributed by atoms with Gasteiger partial charge < -0.3 is 4.90 Å². The third-order valence-corrected chi connectivity index (χ3v) is 4.84. The molecule has 0 bridgehead atoms. The summed E-state index contributed by atoms with van der Waals surface area (Å²) in [7, 11) is 0. The second-order valence-electron chi connectivity index (χ2n) is 6.73. The van der Waals surface area contributed by atoms with Crippen LogP contribution in [0.5, 0.6) is 0 Å². The summed E-state index contributed by atoms with van der Waals surface area (Å²) in [4.78, 5) is 26.5. The zero-order valence-corrected chi connectivity index (χ0v) is 16.9. The first-order valence-corrected chi connectivity index (χ1v) is 9.25. The minimum atomic E-state index is 0.00134. The van der Waals surface area contributed by atoms with Crippen molar-refractivity contribution >= 4 is 27.6 Å². The zero-order valence-electron chi connectivity index (χ0n) is 15.3. The van der Waals surface area contributed by atoms with Crippen LogP contribution in [0.2, 0.25) is 0 Å². The quantitative estimate of drug-likeness (QED) is 0.613. The van der Waals surface area contributed by atoms with Crippen molar-refractivity contribution in [3.8, 4) is 11.1 Å². The zero-order chi connectivity index (χ0) is 18.7. The van der Waals surface area contributed by atoms with E-state index in [4.69, 9.17) is 0 Å². The van der Waals surface area contributed by atoms with Crippen LogP contribution in [-0.4, -0.2) is 28.7 Å². The molecule has 2 aromatic carbocycles. The van der Waals surface area contributed by atoms with Gasteiger partial charge in [0.05, 0.1) is 5.56 Å². The first kappa shape index (κ1) is 19.4. The molecule has 0 aliphatic rings. The smallest absolute Gasteiger partial charge is 0.255 e. The fourth-order valence-electron chi connectivity index (χ4n) is 2.99. The van der Waals surface area contributed by atoms with Gasteiger partial charge in [-0.1, -0.05) is 24.3 Å². The maximum Gasteiger partial charge on any atom is 0.255 e. The van der Waals surface area contributed by atoms with Crippen LogP contribution in [0, 0.1) is 0 Å². The highest BCUT2D eigenvalue weighted by Crippen LogP contribution is 2.28. The van der Waals surface area contributed by atoms with Crippen molar-refractivity contribution in [3.63, 3.8) is 0 Å². The van der Waals surface area contributed by atoms with Gasteiger partial charge >= 0.3 is 0 Å². The molecular weight excluding hydrogens is 378 g/mol. The summed E-state index contributed by atoms with van der Waals surface area (Å²) < 4.78 is 0.773. The molecule has 132 valence electrons. The van der Waals surface area contributed by atoms with E-state index in [2.05, 4.69) is 15.9 Å². The molecule has 2 rings (SSSR count). The largest absolute Gasteiger partial charge is 0.334 e. The maximum absolute atomic E-state index is 13.0. The molecule has 3 nitrogen and oxygen atoms in total. The van der Waals surface area contributed by atoms with Crippen molar-refractivity contribution in [1.29, 1.82) is 0 Å². The molecule has 0 atom stereocenters. The Labute approximate surface area is 158 Å². The van der Waals surface area contributed by atoms with Crippen LogP contribution >= 0.6 is 15.9 Å². The highest BCUT2D eigenvalue weighted by molar-refractivity contribution is 9.10. The summed E-state index contributed by atoms with van der Waals surface area (Å²) in [6.45, 7) is 9.63. The normalized spacial score (nSPS) is 11.0. The number of carbonyl (C=O) groups excluding carboxylic acids is 2. The van der Waals surface area contributed by atoms with Crippen LogP contribution in [0.25, 0.3) is 11.1 Å². The lowest BCUT2D eigenvalue weighted by Crippen LogP contribution is -2.42. The summed E-state index contributed by atoms with van der Waals surface area (Å²) >= 11 is 3.51. The Morgan fingerprint density at radius 3 is 2.08 bits per heavy atom. The standard InChI is InChI=1S/C21H24BrNO2/c1-13(2)23(14(3)4)21(25)19-12-18(9-10-20(19)22)17-8-6-7-16(11-17)15(5)24/h6-14H,1-5H3. The van der Waals surface area contributed by atoms with E-state index in [0.717, 1.165) is 15.6 Å². The van der Waals surface area contributed by atoms with Crippen LogP contribution in [0.4, 0.5) is 0 Å². The van der Waals surface area contributed by atoms with E-state index in [1.165, 1.54) is 0 Å². The van der Waals surface area contributed by atoms with E-state index < -0.39 is 0 Å². The molecule has 0 N–H and O–H groups in total. The average molecular weight is 402 g/mol. The molecule has 0 fully saturated rings. The van der Waals surface area contributed by atoms with Gasteiger partial charge in [-0.3, -0.25) is 9.59 Å². The SMILES string of the molecule is CC(=O)c1cccc(-c2ccc(Br)c(C(=O)N(C(C)C)C(C)C)c2)c1. The molecule has 0 radical (unpaired) electrons. The van der Waals surface area contributed by atoms with Gasteiger partial charge in [-0.15, -0.1) is 0 Å². The molecule has 0 aromatic heterocycles. The molecule has 4 heteroatoms. The summed E-state index contributed by atoms with van der Waals surface area (Å²) in [5.74, 6) is 0.0301. The Morgan fingerprint density at radius 1 is 0.920 bits per heavy atom. The highest BCUT2D eigenvalue weighted by atomic mass is 79.9. The molecule has 1 amide bonds. The Morgan fingerprint density at radius 2 is 1.52 bits per heavy atom. The molecular formula is C21H24BrNO2. The number of halogens is 1. The molecule has 0 saturated carbocycles. The first-order valence-electron chi connectivity index (χ1n) is 8.46. The predicted octanol–water partition coefficient (Wildman–Crippen LogP) is 5.58. The molecule has 2 aromatic rings. The van der Waals surface area contributed by atoms with Crippen molar-refractivity contribution in [2.24, 2.45) is 0 Å². The Kier molecular flexibility index (Phi) is 6.17. The van der Waals surface area contributed by atoms with E-state index in [1.807, 2.05) is 69.0 Å². The minimum absolute atomic E-state index is 0.00134. The Hall–Kier alpha value is -1.94. The number of rotatable bonds is 5. The number of benzene rings is 2. The van der Waals surface area contributed by atoms with Gasteiger partial charge in [0.15, 0.2) is 5.78 Å². The molecule has 0 unspecified atom stereocenters. The fraction of sp³-hybridized carbons (Fsp3) is 0.333. The van der Waals surface area contributed by atoms with Crippen LogP contribution in [0.3, 0.4) is 0 Å². The van der Waals surface area contributed by atoms with Crippen molar-refractivity contribution in [1.82, 2.24) is 4.90 Å². The van der Waals surface area contributed by atoms with E-state index in [-0.39, 0.29) is 23.8 Å². The van der Waals surface area contributed by atoms with Gasteiger partial charge in [0.25, 0.3) is 5.91 Å². The lowest BCUT2D eigenvalue weighted by atomic mass is 9.99. The molecule has 0 saturated heterocycles. The van der Waals surface area contributed by atoms with Gasteiger partial charge in [-0.05, 0) is 79.9 Å². The molecule has 0 aliphatic heterocycles. The molecule has 25 heavy (non-hydrogen) atoms. The summed E-state index contributed by atoms with van der Waals surface area (Å²) in [5, 5.41) is 0. The number of carbonyl (C=O) groups is 2. The third-order valence-electron chi connectivity index (χ3n) is 4.15. The van der Waals surface area contributed by atoms with Crippen molar-refractivity contribution < 1.29 is 9.59 Å². The molecule has 0 aliphatic carbocycles. The number of nitrogens with zero attached hydrogens (tertiary/aromatic N) is 1. The topological polar surface area (TPSA) is 37.4 Å². The minimum Gasteiger partial charge on any atom is -0.334 e. The van der Waals surface area contributed by atoms with Crippen molar-refractivity contribution in [3.05, 3.63) is 58.1 Å². The molecule has 0 heterocycles. The van der Waals surface area contributed by atoms with Crippen LogP contribution in [0.1, 0.15) is 55.3 Å². The van der Waals surface area contributed by atoms with Crippen LogP contribution < -0.4 is 0 Å². The van der Waals surface area contributed by atoms with E-state index in [0.29, 0.717) is 11.1 Å². The number of hydrogen-bond acceptors (Lipinski definition) is 2. The van der Waals surface area contributed by atoms with Crippen molar-refractivity contribution in [2.75, 3.05) is 0 Å². The third kappa shape index (κ3) is 4.37. The number of amides is 1. The second-order valence-corrected chi connectivity index (χ2v) is 7.59. The predicted molar refractivity (Wildman–Crippen MR) is 106 cm³/mol. The Balaban J connectivity index is 2.49. The summed E-state index contributed by atoms with van der Waals surface area (Å²) in [6, 6.07) is 13.4. The number of ketones is 1. The average Bonchev–Trinajstić information content (AvgIpc) is 2.54. The lowest BCUT2D eigenvalue weighted by molar-refractivity contribution is 0.0642. The lowest BCUT2D eigenvalue weighted by Gasteiger charge is -2.31. The van der Waals surface area contributed by atoms with Gasteiger partial charge in [0.2, 0.25) is 0 Å². The van der Waals surface area contributed by atoms with Crippen LogP contribution in [0.15, 0.2) is 46.9 Å². The highest BCUT2D eigenvalue weighted by Gasteiger charge is 2.23. The first-order chi connectivity index (χ1) is 11.7. The second kappa shape index (κ2) is 7.96. The van der Waals surface area contributed by atoms with E-state index >= 15 is 0 Å². The Bertz CT molecular complexity index is 788. The van der Waals surface area contributed by atoms with E-state index in [9.17, 15) is 9.59 Å². The monoisotopic (exact) mass is 401 g/mol. The van der Waals surface area contributed by atoms with E-state index in [1.54, 1.807) is 13.0 Å². The summed E-state index contributed by atoms with van der Waals surface area (Å²) in [6.07, 6.45) is 0. The van der Waals surface area contributed by atoms with Gasteiger partial charge in [-0.25, -0.2) is 0 Å².